The highest BCUT2D eigenvalue weighted by Crippen LogP contribution is 2.69. The SMILES string of the molecule is CC(C)CCC[C@@H](C)[C@@H]1CC[C@@H]2[C@@H]3CC[C@H]4[C@@H]5O[C@@H]5CC[C@]4(C)[C@@H]3CC[C@]21C. The van der Waals surface area contributed by atoms with Crippen molar-refractivity contribution >= 4 is 0 Å². The van der Waals surface area contributed by atoms with Gasteiger partial charge in [-0.2, -0.15) is 0 Å². The molecule has 160 valence electrons. The standard InChI is InChI=1S/C27H46O/c1-17(2)7-6-8-18(3)20-11-12-21-19-9-10-23-25-24(28-25)14-16-27(23,5)22(19)13-15-26(20,21)4/h17-25H,6-16H2,1-5H3/t18-,19+,20+,21-,22-,23+,24-,25+,26+,27-/m1/s1. The third kappa shape index (κ3) is 2.96. The molecule has 4 saturated carbocycles. The molecule has 1 heterocycles. The van der Waals surface area contributed by atoms with E-state index in [1.54, 1.807) is 6.42 Å². The summed E-state index contributed by atoms with van der Waals surface area (Å²) < 4.78 is 6.10. The summed E-state index contributed by atoms with van der Waals surface area (Å²) in [5.41, 5.74) is 1.25. The molecule has 5 fully saturated rings. The lowest BCUT2D eigenvalue weighted by molar-refractivity contribution is -0.111. The molecule has 0 unspecified atom stereocenters. The Morgan fingerprint density at radius 2 is 1.50 bits per heavy atom. The zero-order valence-electron chi connectivity index (χ0n) is 19.4. The van der Waals surface area contributed by atoms with E-state index in [9.17, 15) is 0 Å². The summed E-state index contributed by atoms with van der Waals surface area (Å²) in [7, 11) is 0. The Hall–Kier alpha value is -0.0400. The third-order valence-electron chi connectivity index (χ3n) is 11.1. The van der Waals surface area contributed by atoms with Gasteiger partial charge >= 0.3 is 0 Å². The number of hydrogen-bond donors (Lipinski definition) is 0. The highest BCUT2D eigenvalue weighted by Gasteiger charge is 2.65. The van der Waals surface area contributed by atoms with Crippen LogP contribution in [0.4, 0.5) is 0 Å². The molecule has 4 aliphatic carbocycles. The van der Waals surface area contributed by atoms with Crippen molar-refractivity contribution in [1.82, 2.24) is 0 Å². The van der Waals surface area contributed by atoms with Gasteiger partial charge in [0.15, 0.2) is 0 Å². The van der Waals surface area contributed by atoms with Gasteiger partial charge in [-0.1, -0.05) is 53.9 Å². The molecule has 0 aromatic carbocycles. The van der Waals surface area contributed by atoms with E-state index in [4.69, 9.17) is 4.74 Å². The van der Waals surface area contributed by atoms with Gasteiger partial charge in [-0.05, 0) is 104 Å². The van der Waals surface area contributed by atoms with Gasteiger partial charge in [0.25, 0.3) is 0 Å². The molecule has 5 aliphatic rings. The number of fused-ring (bicyclic) bond motifs is 7. The maximum atomic E-state index is 6.10. The van der Waals surface area contributed by atoms with E-state index < -0.39 is 0 Å². The van der Waals surface area contributed by atoms with Crippen LogP contribution in [-0.2, 0) is 4.74 Å². The van der Waals surface area contributed by atoms with Crippen LogP contribution in [0.2, 0.25) is 0 Å². The van der Waals surface area contributed by atoms with Crippen LogP contribution < -0.4 is 0 Å². The van der Waals surface area contributed by atoms with Crippen LogP contribution in [0.5, 0.6) is 0 Å². The van der Waals surface area contributed by atoms with Crippen LogP contribution in [0.1, 0.15) is 105 Å². The van der Waals surface area contributed by atoms with Crippen molar-refractivity contribution in [3.05, 3.63) is 0 Å². The minimum Gasteiger partial charge on any atom is -0.369 e. The Morgan fingerprint density at radius 3 is 2.29 bits per heavy atom. The molecule has 0 spiro atoms. The van der Waals surface area contributed by atoms with E-state index in [1.165, 1.54) is 64.2 Å². The summed E-state index contributed by atoms with van der Waals surface area (Å²) in [6, 6.07) is 0. The quantitative estimate of drug-likeness (QED) is 0.446. The minimum atomic E-state index is 0.600. The van der Waals surface area contributed by atoms with Crippen LogP contribution in [-0.4, -0.2) is 12.2 Å². The second-order valence-corrected chi connectivity index (χ2v) is 12.8. The highest BCUT2D eigenvalue weighted by molar-refractivity contribution is 5.13. The van der Waals surface area contributed by atoms with Crippen molar-refractivity contribution in [2.45, 2.75) is 117 Å². The fourth-order valence-electron chi connectivity index (χ4n) is 9.62. The minimum absolute atomic E-state index is 0.600. The maximum absolute atomic E-state index is 6.10. The topological polar surface area (TPSA) is 12.5 Å². The fraction of sp³-hybridized carbons (Fsp3) is 1.00. The molecule has 5 rings (SSSR count). The van der Waals surface area contributed by atoms with E-state index in [0.717, 1.165) is 41.4 Å². The van der Waals surface area contributed by atoms with Crippen LogP contribution >= 0.6 is 0 Å². The van der Waals surface area contributed by atoms with Crippen LogP contribution in [0.25, 0.3) is 0 Å². The first-order valence-corrected chi connectivity index (χ1v) is 13.0. The lowest BCUT2D eigenvalue weighted by atomic mass is 9.44. The summed E-state index contributed by atoms with van der Waals surface area (Å²) in [6.45, 7) is 12.8. The largest absolute Gasteiger partial charge is 0.369 e. The predicted molar refractivity (Wildman–Crippen MR) is 117 cm³/mol. The van der Waals surface area contributed by atoms with Crippen molar-refractivity contribution in [3.8, 4) is 0 Å². The Morgan fingerprint density at radius 1 is 0.786 bits per heavy atom. The van der Waals surface area contributed by atoms with Crippen molar-refractivity contribution in [2.75, 3.05) is 0 Å². The molecule has 10 atom stereocenters. The second-order valence-electron chi connectivity index (χ2n) is 12.8. The third-order valence-corrected chi connectivity index (χ3v) is 11.1. The smallest absolute Gasteiger partial charge is 0.0875 e. The monoisotopic (exact) mass is 386 g/mol. The van der Waals surface area contributed by atoms with Gasteiger partial charge in [-0.25, -0.2) is 0 Å². The molecule has 0 aromatic rings. The zero-order valence-corrected chi connectivity index (χ0v) is 19.4. The lowest BCUT2D eigenvalue weighted by Crippen LogP contribution is -2.54. The molecule has 1 heteroatoms. The molecule has 1 nitrogen and oxygen atoms in total. The maximum Gasteiger partial charge on any atom is 0.0875 e. The first kappa shape index (κ1) is 19.9. The summed E-state index contributed by atoms with van der Waals surface area (Å²) in [4.78, 5) is 0. The molecule has 1 aliphatic heterocycles. The van der Waals surface area contributed by atoms with Gasteiger partial charge in [-0.3, -0.25) is 0 Å². The van der Waals surface area contributed by atoms with E-state index in [1.807, 2.05) is 0 Å². The second kappa shape index (κ2) is 7.00. The number of ether oxygens (including phenoxy) is 1. The average Bonchev–Trinajstić information content (AvgIpc) is 3.34. The Kier molecular flexibility index (Phi) is 4.97. The highest BCUT2D eigenvalue weighted by atomic mass is 16.6. The van der Waals surface area contributed by atoms with E-state index in [0.29, 0.717) is 23.0 Å². The Labute approximate surface area is 174 Å². The van der Waals surface area contributed by atoms with Crippen molar-refractivity contribution in [1.29, 1.82) is 0 Å². The van der Waals surface area contributed by atoms with Crippen molar-refractivity contribution in [3.63, 3.8) is 0 Å². The lowest BCUT2D eigenvalue weighted by Gasteiger charge is -2.60. The molecular formula is C27H46O. The molecule has 1 saturated heterocycles. The van der Waals surface area contributed by atoms with Gasteiger partial charge in [0.05, 0.1) is 12.2 Å². The number of rotatable bonds is 5. The first-order chi connectivity index (χ1) is 13.3. The molecule has 0 amide bonds. The molecular weight excluding hydrogens is 340 g/mol. The van der Waals surface area contributed by atoms with Crippen molar-refractivity contribution in [2.24, 2.45) is 52.3 Å². The molecule has 0 bridgehead atoms. The van der Waals surface area contributed by atoms with E-state index in [2.05, 4.69) is 34.6 Å². The van der Waals surface area contributed by atoms with Crippen LogP contribution in [0.15, 0.2) is 0 Å². The van der Waals surface area contributed by atoms with Gasteiger partial charge in [0.1, 0.15) is 0 Å². The summed E-state index contributed by atoms with van der Waals surface area (Å²) in [5, 5.41) is 0. The van der Waals surface area contributed by atoms with Crippen molar-refractivity contribution < 1.29 is 4.74 Å². The van der Waals surface area contributed by atoms with Crippen LogP contribution in [0.3, 0.4) is 0 Å². The normalized spacial score (nSPS) is 53.1. The van der Waals surface area contributed by atoms with E-state index >= 15 is 0 Å². The first-order valence-electron chi connectivity index (χ1n) is 13.0. The molecule has 28 heavy (non-hydrogen) atoms. The van der Waals surface area contributed by atoms with Gasteiger partial charge in [0, 0.05) is 0 Å². The van der Waals surface area contributed by atoms with Gasteiger partial charge < -0.3 is 4.74 Å². The summed E-state index contributed by atoms with van der Waals surface area (Å²) in [5.74, 6) is 6.76. The summed E-state index contributed by atoms with van der Waals surface area (Å²) in [6.07, 6.45) is 17.6. The fourth-order valence-corrected chi connectivity index (χ4v) is 9.62. The number of hydrogen-bond acceptors (Lipinski definition) is 1. The van der Waals surface area contributed by atoms with Gasteiger partial charge in [0.2, 0.25) is 0 Å². The molecule has 0 radical (unpaired) electrons. The molecule has 0 aromatic heterocycles. The zero-order chi connectivity index (χ0) is 19.7. The Balaban J connectivity index is 1.30. The predicted octanol–water partition coefficient (Wildman–Crippen LogP) is 7.49. The van der Waals surface area contributed by atoms with Gasteiger partial charge in [-0.15, -0.1) is 0 Å². The Bertz CT molecular complexity index is 583. The molecule has 0 N–H and O–H groups in total. The average molecular weight is 387 g/mol. The van der Waals surface area contributed by atoms with E-state index in [-0.39, 0.29) is 0 Å². The van der Waals surface area contributed by atoms with Crippen LogP contribution in [0, 0.1) is 52.3 Å². The number of epoxide rings is 1. The summed E-state index contributed by atoms with van der Waals surface area (Å²) >= 11 is 0.